The fourth-order valence-electron chi connectivity index (χ4n) is 6.12. The molecule has 1 saturated heterocycles. The Kier molecular flexibility index (Phi) is 7.73. The first-order valence-corrected chi connectivity index (χ1v) is 12.5. The van der Waals surface area contributed by atoms with Crippen LogP contribution in [-0.4, -0.2) is 91.5 Å². The van der Waals surface area contributed by atoms with Crippen LogP contribution in [0.3, 0.4) is 0 Å². The maximum atomic E-state index is 12.9. The summed E-state index contributed by atoms with van der Waals surface area (Å²) in [5.41, 5.74) is 3.34. The molecule has 1 N–H and O–H groups in total. The van der Waals surface area contributed by atoms with Crippen molar-refractivity contribution < 1.29 is 23.8 Å². The number of carbonyl (C=O) groups excluding carboxylic acids is 1. The summed E-state index contributed by atoms with van der Waals surface area (Å²) < 4.78 is 16.9. The average molecular weight is 486 g/mol. The number of ether oxygens (including phenoxy) is 2. The summed E-state index contributed by atoms with van der Waals surface area (Å²) in [6.07, 6.45) is 8.22. The van der Waals surface area contributed by atoms with Crippen molar-refractivity contribution in [2.75, 3.05) is 54.2 Å². The number of rotatable bonds is 7. The van der Waals surface area contributed by atoms with E-state index in [-0.39, 0.29) is 30.2 Å². The van der Waals surface area contributed by atoms with Crippen molar-refractivity contribution in [1.29, 1.82) is 0 Å². The number of hydrogen-bond acceptors (Lipinski definition) is 7. The topological polar surface area (TPSA) is 78.6 Å². The fraction of sp³-hybridized carbons (Fsp3) is 0.593. The number of amides is 1. The minimum absolute atomic E-state index is 0.0206. The standard InChI is InChI=1S/C27H39N3O5/c1-6-30(18-31)27(9-11-29(12-10-27)26(32)22-8-7-13-35-22)24-14-19(2)25-20(17-28(24)3)15-21(33-4)16-23(25)34-5/h7-8,13-15,19,23,31H,6,9-12,16-18H2,1-5H3/t19-,23?/m0/s1. The second-order valence-electron chi connectivity index (χ2n) is 9.72. The quantitative estimate of drug-likeness (QED) is 0.594. The minimum Gasteiger partial charge on any atom is -0.501 e. The van der Waals surface area contributed by atoms with E-state index in [1.165, 1.54) is 23.1 Å². The van der Waals surface area contributed by atoms with Crippen molar-refractivity contribution in [2.24, 2.45) is 5.92 Å². The number of allylic oxidation sites excluding steroid dienone is 1. The Morgan fingerprint density at radius 3 is 2.63 bits per heavy atom. The number of piperidine rings is 1. The van der Waals surface area contributed by atoms with E-state index in [2.05, 4.69) is 42.8 Å². The largest absolute Gasteiger partial charge is 0.501 e. The third-order valence-electron chi connectivity index (χ3n) is 7.95. The Morgan fingerprint density at radius 1 is 1.31 bits per heavy atom. The van der Waals surface area contributed by atoms with Gasteiger partial charge < -0.3 is 28.8 Å². The first-order valence-electron chi connectivity index (χ1n) is 12.5. The molecule has 1 aromatic rings. The molecule has 1 aliphatic carbocycles. The average Bonchev–Trinajstić information content (AvgIpc) is 3.38. The molecule has 192 valence electrons. The third-order valence-corrected chi connectivity index (χ3v) is 7.95. The molecule has 1 amide bonds. The first kappa shape index (κ1) is 25.5. The molecule has 3 heterocycles. The highest BCUT2D eigenvalue weighted by atomic mass is 16.5. The zero-order chi connectivity index (χ0) is 25.2. The maximum Gasteiger partial charge on any atom is 0.289 e. The smallest absolute Gasteiger partial charge is 0.289 e. The van der Waals surface area contributed by atoms with Crippen LogP contribution in [0.4, 0.5) is 0 Å². The van der Waals surface area contributed by atoms with Crippen molar-refractivity contribution in [3.63, 3.8) is 0 Å². The summed E-state index contributed by atoms with van der Waals surface area (Å²) >= 11 is 0. The summed E-state index contributed by atoms with van der Waals surface area (Å²) in [5.74, 6) is 1.39. The lowest BCUT2D eigenvalue weighted by Crippen LogP contribution is -2.59. The molecule has 1 fully saturated rings. The number of likely N-dealkylation sites (N-methyl/N-ethyl adjacent to an activating group) is 2. The van der Waals surface area contributed by atoms with E-state index >= 15 is 0 Å². The van der Waals surface area contributed by atoms with Crippen LogP contribution in [0.5, 0.6) is 0 Å². The number of aliphatic hydroxyl groups excluding tert-OH is 1. The zero-order valence-corrected chi connectivity index (χ0v) is 21.6. The lowest BCUT2D eigenvalue weighted by molar-refractivity contribution is -0.0178. The molecule has 8 heteroatoms. The lowest BCUT2D eigenvalue weighted by atomic mass is 9.79. The summed E-state index contributed by atoms with van der Waals surface area (Å²) in [6.45, 7) is 6.90. The van der Waals surface area contributed by atoms with Gasteiger partial charge in [0.05, 0.1) is 37.5 Å². The highest BCUT2D eigenvalue weighted by Crippen LogP contribution is 2.42. The van der Waals surface area contributed by atoms with Crippen LogP contribution in [-0.2, 0) is 9.47 Å². The molecule has 8 nitrogen and oxygen atoms in total. The van der Waals surface area contributed by atoms with E-state index in [4.69, 9.17) is 13.9 Å². The molecule has 0 aromatic carbocycles. The van der Waals surface area contributed by atoms with Crippen LogP contribution in [0.1, 0.15) is 43.7 Å². The van der Waals surface area contributed by atoms with Crippen molar-refractivity contribution in [1.82, 2.24) is 14.7 Å². The predicted molar refractivity (Wildman–Crippen MR) is 133 cm³/mol. The van der Waals surface area contributed by atoms with Gasteiger partial charge in [-0.15, -0.1) is 0 Å². The molecule has 1 unspecified atom stereocenters. The Bertz CT molecular complexity index is 984. The van der Waals surface area contributed by atoms with Gasteiger partial charge >= 0.3 is 0 Å². The fourth-order valence-corrected chi connectivity index (χ4v) is 6.12. The van der Waals surface area contributed by atoms with Crippen LogP contribution in [0.2, 0.25) is 0 Å². The maximum absolute atomic E-state index is 12.9. The van der Waals surface area contributed by atoms with Gasteiger partial charge in [0.1, 0.15) is 0 Å². The minimum atomic E-state index is -0.378. The molecular formula is C27H39N3O5. The van der Waals surface area contributed by atoms with Gasteiger partial charge in [0.2, 0.25) is 0 Å². The first-order chi connectivity index (χ1) is 16.9. The zero-order valence-electron chi connectivity index (χ0n) is 21.6. The summed E-state index contributed by atoms with van der Waals surface area (Å²) in [6, 6.07) is 3.45. The van der Waals surface area contributed by atoms with Gasteiger partial charge in [-0.25, -0.2) is 0 Å². The Labute approximate surface area is 208 Å². The normalized spacial score (nSPS) is 24.7. The van der Waals surface area contributed by atoms with E-state index in [9.17, 15) is 9.90 Å². The molecule has 0 bridgehead atoms. The summed E-state index contributed by atoms with van der Waals surface area (Å²) in [7, 11) is 5.60. The van der Waals surface area contributed by atoms with Crippen molar-refractivity contribution in [3.8, 4) is 0 Å². The number of nitrogens with zero attached hydrogens (tertiary/aromatic N) is 3. The molecule has 0 saturated carbocycles. The second-order valence-corrected chi connectivity index (χ2v) is 9.72. The van der Waals surface area contributed by atoms with Gasteiger partial charge in [-0.1, -0.05) is 19.9 Å². The predicted octanol–water partition coefficient (Wildman–Crippen LogP) is 3.24. The van der Waals surface area contributed by atoms with E-state index in [1.807, 2.05) is 4.90 Å². The van der Waals surface area contributed by atoms with E-state index in [0.29, 0.717) is 25.4 Å². The van der Waals surface area contributed by atoms with Crippen LogP contribution < -0.4 is 0 Å². The Hall–Kier alpha value is -2.55. The number of carbonyl (C=O) groups is 1. The molecular weight excluding hydrogens is 446 g/mol. The molecule has 2 atom stereocenters. The van der Waals surface area contributed by atoms with Gasteiger partial charge in [0.15, 0.2) is 5.76 Å². The van der Waals surface area contributed by atoms with Gasteiger partial charge in [-0.3, -0.25) is 9.69 Å². The molecule has 2 aliphatic heterocycles. The van der Waals surface area contributed by atoms with E-state index in [1.54, 1.807) is 26.4 Å². The monoisotopic (exact) mass is 485 g/mol. The van der Waals surface area contributed by atoms with Crippen LogP contribution in [0, 0.1) is 5.92 Å². The lowest BCUT2D eigenvalue weighted by Gasteiger charge is -2.51. The number of hydrogen-bond donors (Lipinski definition) is 1. The summed E-state index contributed by atoms with van der Waals surface area (Å²) in [4.78, 5) is 19.2. The van der Waals surface area contributed by atoms with Crippen LogP contribution in [0.25, 0.3) is 0 Å². The van der Waals surface area contributed by atoms with Crippen LogP contribution >= 0.6 is 0 Å². The van der Waals surface area contributed by atoms with E-state index in [0.717, 1.165) is 31.6 Å². The third kappa shape index (κ3) is 4.67. The van der Waals surface area contributed by atoms with Gasteiger partial charge in [-0.05, 0) is 48.7 Å². The number of aliphatic hydroxyl groups is 1. The van der Waals surface area contributed by atoms with E-state index < -0.39 is 0 Å². The van der Waals surface area contributed by atoms with Gasteiger partial charge in [0, 0.05) is 51.8 Å². The second kappa shape index (κ2) is 10.6. The molecule has 35 heavy (non-hydrogen) atoms. The van der Waals surface area contributed by atoms with Crippen molar-refractivity contribution >= 4 is 5.91 Å². The Balaban J connectivity index is 1.67. The van der Waals surface area contributed by atoms with Gasteiger partial charge in [0.25, 0.3) is 5.91 Å². The van der Waals surface area contributed by atoms with Gasteiger partial charge in [-0.2, -0.15) is 0 Å². The molecule has 1 aromatic heterocycles. The molecule has 4 rings (SSSR count). The molecule has 0 spiro atoms. The highest BCUT2D eigenvalue weighted by Gasteiger charge is 2.46. The SMILES string of the molecule is CCN(CO)C1(C2=C[C@H](C)C3=C(C=C(OC)CC3OC)CN2C)CCN(C(=O)c2ccco2)CC1. The summed E-state index contributed by atoms with van der Waals surface area (Å²) in [5, 5.41) is 10.4. The van der Waals surface area contributed by atoms with Crippen molar-refractivity contribution in [2.45, 2.75) is 44.8 Å². The molecule has 0 radical (unpaired) electrons. The number of methoxy groups -OCH3 is 2. The van der Waals surface area contributed by atoms with Crippen LogP contribution in [0.15, 0.2) is 57.6 Å². The highest BCUT2D eigenvalue weighted by molar-refractivity contribution is 5.91. The van der Waals surface area contributed by atoms with Crippen molar-refractivity contribution in [3.05, 3.63) is 58.9 Å². The number of likely N-dealkylation sites (tertiary alicyclic amines) is 1. The number of furan rings is 1. The Morgan fingerprint density at radius 2 is 2.06 bits per heavy atom. The molecule has 3 aliphatic rings.